The summed E-state index contributed by atoms with van der Waals surface area (Å²) in [4.78, 5) is 17.2. The standard InChI is InChI=1S/C15H11ClN2O2S/c1-9-8-17-15(21-9)18-14(19)13-7-6-12(20-13)10-4-2-3-5-11(10)16/h2-8H,1H3,(H,17,18,19). The molecular weight excluding hydrogens is 308 g/mol. The third-order valence-electron chi connectivity index (χ3n) is 2.81. The zero-order valence-electron chi connectivity index (χ0n) is 11.1. The number of anilines is 1. The van der Waals surface area contributed by atoms with Gasteiger partial charge in [0.1, 0.15) is 5.76 Å². The molecule has 6 heteroatoms. The first-order chi connectivity index (χ1) is 10.1. The molecule has 106 valence electrons. The lowest BCUT2D eigenvalue weighted by Gasteiger charge is -2.00. The highest BCUT2D eigenvalue weighted by atomic mass is 35.5. The van der Waals surface area contributed by atoms with E-state index in [-0.39, 0.29) is 11.7 Å². The van der Waals surface area contributed by atoms with E-state index in [1.807, 2.05) is 25.1 Å². The molecule has 0 radical (unpaired) electrons. The largest absolute Gasteiger partial charge is 0.451 e. The van der Waals surface area contributed by atoms with Crippen molar-refractivity contribution in [1.82, 2.24) is 4.98 Å². The fraction of sp³-hybridized carbons (Fsp3) is 0.0667. The van der Waals surface area contributed by atoms with Crippen LogP contribution in [0.5, 0.6) is 0 Å². The number of benzene rings is 1. The van der Waals surface area contributed by atoms with Gasteiger partial charge in [-0.3, -0.25) is 10.1 Å². The second-order valence-corrected chi connectivity index (χ2v) is 6.02. The zero-order chi connectivity index (χ0) is 14.8. The summed E-state index contributed by atoms with van der Waals surface area (Å²) in [6.45, 7) is 1.93. The highest BCUT2D eigenvalue weighted by Gasteiger charge is 2.14. The number of hydrogen-bond acceptors (Lipinski definition) is 4. The number of halogens is 1. The molecule has 0 spiro atoms. The van der Waals surface area contributed by atoms with E-state index in [0.717, 1.165) is 10.4 Å². The van der Waals surface area contributed by atoms with Crippen LogP contribution >= 0.6 is 22.9 Å². The minimum atomic E-state index is -0.331. The number of rotatable bonds is 3. The van der Waals surface area contributed by atoms with Crippen molar-refractivity contribution in [3.05, 3.63) is 58.3 Å². The van der Waals surface area contributed by atoms with Crippen LogP contribution in [0.1, 0.15) is 15.4 Å². The minimum absolute atomic E-state index is 0.220. The zero-order valence-corrected chi connectivity index (χ0v) is 12.7. The molecule has 2 aromatic heterocycles. The molecule has 0 aliphatic carbocycles. The Balaban J connectivity index is 1.82. The van der Waals surface area contributed by atoms with Crippen molar-refractivity contribution in [2.75, 3.05) is 5.32 Å². The summed E-state index contributed by atoms with van der Waals surface area (Å²) in [5.74, 6) is 0.446. The summed E-state index contributed by atoms with van der Waals surface area (Å²) < 4.78 is 5.57. The lowest BCUT2D eigenvalue weighted by Crippen LogP contribution is -2.10. The van der Waals surface area contributed by atoms with E-state index in [2.05, 4.69) is 10.3 Å². The fourth-order valence-corrected chi connectivity index (χ4v) is 2.73. The van der Waals surface area contributed by atoms with E-state index in [1.54, 1.807) is 24.4 Å². The molecule has 0 saturated heterocycles. The Kier molecular flexibility index (Phi) is 3.77. The summed E-state index contributed by atoms with van der Waals surface area (Å²) in [5.41, 5.74) is 0.753. The Hall–Kier alpha value is -2.11. The predicted molar refractivity (Wildman–Crippen MR) is 84.0 cm³/mol. The van der Waals surface area contributed by atoms with Gasteiger partial charge in [0, 0.05) is 16.6 Å². The van der Waals surface area contributed by atoms with Gasteiger partial charge in [-0.2, -0.15) is 0 Å². The van der Waals surface area contributed by atoms with Crippen LogP contribution in [0.15, 0.2) is 47.0 Å². The molecule has 0 bridgehead atoms. The lowest BCUT2D eigenvalue weighted by atomic mass is 10.2. The SMILES string of the molecule is Cc1cnc(NC(=O)c2ccc(-c3ccccc3Cl)o2)s1. The summed E-state index contributed by atoms with van der Waals surface area (Å²) >= 11 is 7.52. The van der Waals surface area contributed by atoms with Crippen LogP contribution in [0.2, 0.25) is 5.02 Å². The Bertz CT molecular complexity index is 794. The lowest BCUT2D eigenvalue weighted by molar-refractivity contribution is 0.0997. The molecule has 0 atom stereocenters. The maximum atomic E-state index is 12.1. The van der Waals surface area contributed by atoms with Gasteiger partial charge in [-0.15, -0.1) is 11.3 Å². The Morgan fingerprint density at radius 1 is 1.29 bits per heavy atom. The number of thiazole rings is 1. The molecule has 1 amide bonds. The van der Waals surface area contributed by atoms with Crippen LogP contribution in [-0.2, 0) is 0 Å². The number of furan rings is 1. The molecule has 1 N–H and O–H groups in total. The molecule has 0 unspecified atom stereocenters. The van der Waals surface area contributed by atoms with Crippen LogP contribution in [0.4, 0.5) is 5.13 Å². The Morgan fingerprint density at radius 3 is 2.81 bits per heavy atom. The molecule has 21 heavy (non-hydrogen) atoms. The Labute approximate surface area is 130 Å². The molecule has 0 fully saturated rings. The normalized spacial score (nSPS) is 10.6. The molecular formula is C15H11ClN2O2S. The van der Waals surface area contributed by atoms with Crippen molar-refractivity contribution >= 4 is 34.0 Å². The summed E-state index contributed by atoms with van der Waals surface area (Å²) in [6, 6.07) is 10.7. The van der Waals surface area contributed by atoms with Crippen LogP contribution in [-0.4, -0.2) is 10.9 Å². The number of amides is 1. The topological polar surface area (TPSA) is 55.1 Å². The van der Waals surface area contributed by atoms with Gasteiger partial charge >= 0.3 is 0 Å². The molecule has 3 rings (SSSR count). The third-order valence-corrected chi connectivity index (χ3v) is 3.97. The van der Waals surface area contributed by atoms with E-state index in [4.69, 9.17) is 16.0 Å². The number of hydrogen-bond donors (Lipinski definition) is 1. The number of carbonyl (C=O) groups excluding carboxylic acids is 1. The highest BCUT2D eigenvalue weighted by Crippen LogP contribution is 2.29. The average Bonchev–Trinajstić information content (AvgIpc) is 3.09. The van der Waals surface area contributed by atoms with Crippen molar-refractivity contribution in [3.63, 3.8) is 0 Å². The number of carbonyl (C=O) groups is 1. The van der Waals surface area contributed by atoms with Gasteiger partial charge in [0.15, 0.2) is 10.9 Å². The van der Waals surface area contributed by atoms with E-state index in [0.29, 0.717) is 15.9 Å². The number of nitrogens with one attached hydrogen (secondary N) is 1. The molecule has 0 aliphatic rings. The van der Waals surface area contributed by atoms with Crippen molar-refractivity contribution in [1.29, 1.82) is 0 Å². The summed E-state index contributed by atoms with van der Waals surface area (Å²) in [5, 5.41) is 3.83. The molecule has 3 aromatic rings. The second kappa shape index (κ2) is 5.71. The highest BCUT2D eigenvalue weighted by molar-refractivity contribution is 7.15. The fourth-order valence-electron chi connectivity index (χ4n) is 1.84. The van der Waals surface area contributed by atoms with Crippen LogP contribution in [0.25, 0.3) is 11.3 Å². The van der Waals surface area contributed by atoms with Crippen LogP contribution < -0.4 is 5.32 Å². The third kappa shape index (κ3) is 2.99. The predicted octanol–water partition coefficient (Wildman–Crippen LogP) is 4.62. The monoisotopic (exact) mass is 318 g/mol. The average molecular weight is 319 g/mol. The van der Waals surface area contributed by atoms with E-state index in [9.17, 15) is 4.79 Å². The quantitative estimate of drug-likeness (QED) is 0.766. The van der Waals surface area contributed by atoms with E-state index in [1.165, 1.54) is 11.3 Å². The first-order valence-corrected chi connectivity index (χ1v) is 7.41. The smallest absolute Gasteiger partial charge is 0.293 e. The van der Waals surface area contributed by atoms with Crippen LogP contribution in [0, 0.1) is 6.92 Å². The van der Waals surface area contributed by atoms with E-state index >= 15 is 0 Å². The van der Waals surface area contributed by atoms with Crippen molar-refractivity contribution < 1.29 is 9.21 Å². The number of nitrogens with zero attached hydrogens (tertiary/aromatic N) is 1. The van der Waals surface area contributed by atoms with Crippen molar-refractivity contribution in [2.45, 2.75) is 6.92 Å². The maximum absolute atomic E-state index is 12.1. The van der Waals surface area contributed by atoms with Gasteiger partial charge in [-0.25, -0.2) is 4.98 Å². The number of aryl methyl sites for hydroxylation is 1. The molecule has 1 aromatic carbocycles. The molecule has 0 saturated carbocycles. The molecule has 0 aliphatic heterocycles. The second-order valence-electron chi connectivity index (χ2n) is 4.37. The van der Waals surface area contributed by atoms with Gasteiger partial charge in [0.2, 0.25) is 0 Å². The van der Waals surface area contributed by atoms with Gasteiger partial charge in [-0.1, -0.05) is 23.7 Å². The molecule has 4 nitrogen and oxygen atoms in total. The first kappa shape index (κ1) is 13.9. The van der Waals surface area contributed by atoms with Crippen molar-refractivity contribution in [3.8, 4) is 11.3 Å². The summed E-state index contributed by atoms with van der Waals surface area (Å²) in [7, 11) is 0. The number of aromatic nitrogens is 1. The molecule has 2 heterocycles. The van der Waals surface area contributed by atoms with Gasteiger partial charge in [0.05, 0.1) is 5.02 Å². The van der Waals surface area contributed by atoms with Gasteiger partial charge < -0.3 is 4.42 Å². The van der Waals surface area contributed by atoms with Gasteiger partial charge in [0.25, 0.3) is 5.91 Å². The van der Waals surface area contributed by atoms with E-state index < -0.39 is 0 Å². The van der Waals surface area contributed by atoms with Gasteiger partial charge in [-0.05, 0) is 31.2 Å². The summed E-state index contributed by atoms with van der Waals surface area (Å²) in [6.07, 6.45) is 1.71. The van der Waals surface area contributed by atoms with Crippen molar-refractivity contribution in [2.24, 2.45) is 0 Å². The minimum Gasteiger partial charge on any atom is -0.451 e. The Morgan fingerprint density at radius 2 is 2.10 bits per heavy atom. The first-order valence-electron chi connectivity index (χ1n) is 6.22. The maximum Gasteiger partial charge on any atom is 0.293 e. The van der Waals surface area contributed by atoms with Crippen LogP contribution in [0.3, 0.4) is 0 Å².